The van der Waals surface area contributed by atoms with E-state index in [1.165, 1.54) is 24.6 Å². The first-order valence-electron chi connectivity index (χ1n) is 10.6. The average Bonchev–Trinajstić information content (AvgIpc) is 3.23. The van der Waals surface area contributed by atoms with Gasteiger partial charge in [-0.1, -0.05) is 23.9 Å². The molecule has 3 saturated heterocycles. The van der Waals surface area contributed by atoms with Gasteiger partial charge in [-0.3, -0.25) is 4.79 Å². The summed E-state index contributed by atoms with van der Waals surface area (Å²) in [6.07, 6.45) is 6.10. The number of nitrogens with zero attached hydrogens (tertiary/aromatic N) is 4. The molecule has 158 valence electrons. The second-order valence-corrected chi connectivity index (χ2v) is 9.09. The number of nitrogens with one attached hydrogen (secondary N) is 3. The molecule has 31 heavy (non-hydrogen) atoms. The zero-order chi connectivity index (χ0) is 20.9. The third kappa shape index (κ3) is 3.19. The van der Waals surface area contributed by atoms with Crippen molar-refractivity contribution < 1.29 is 0 Å². The number of piperidine rings is 3. The molecule has 3 fully saturated rings. The number of anilines is 1. The highest BCUT2D eigenvalue weighted by atomic mass is 32.2. The highest BCUT2D eigenvalue weighted by Gasteiger charge is 2.35. The van der Waals surface area contributed by atoms with Gasteiger partial charge in [0.05, 0.1) is 22.1 Å². The molecule has 2 bridgehead atoms. The molecule has 3 N–H and O–H groups in total. The van der Waals surface area contributed by atoms with Gasteiger partial charge in [0, 0.05) is 18.8 Å². The van der Waals surface area contributed by atoms with E-state index < -0.39 is 0 Å². The molecule has 9 heteroatoms. The van der Waals surface area contributed by atoms with Crippen LogP contribution in [0.5, 0.6) is 0 Å². The SMILES string of the molecule is CSc1ncc2c(NC3CN4CCC3CC4)c(-c3nc4ccccc4[nH]3)c(=O)[nH]c2n1. The Balaban J connectivity index is 1.55. The van der Waals surface area contributed by atoms with Gasteiger partial charge in [-0.15, -0.1) is 0 Å². The van der Waals surface area contributed by atoms with E-state index in [9.17, 15) is 4.79 Å². The molecule has 7 rings (SSSR count). The molecule has 3 aliphatic heterocycles. The monoisotopic (exact) mass is 433 g/mol. The van der Waals surface area contributed by atoms with Crippen LogP contribution in [0, 0.1) is 5.92 Å². The van der Waals surface area contributed by atoms with Crippen molar-refractivity contribution in [3.8, 4) is 11.4 Å². The minimum Gasteiger partial charge on any atom is -0.379 e. The van der Waals surface area contributed by atoms with Gasteiger partial charge >= 0.3 is 0 Å². The van der Waals surface area contributed by atoms with Crippen molar-refractivity contribution in [1.29, 1.82) is 0 Å². The van der Waals surface area contributed by atoms with Crippen LogP contribution >= 0.6 is 11.8 Å². The maximum atomic E-state index is 13.3. The minimum atomic E-state index is -0.207. The van der Waals surface area contributed by atoms with E-state index in [4.69, 9.17) is 4.98 Å². The largest absolute Gasteiger partial charge is 0.379 e. The maximum Gasteiger partial charge on any atom is 0.262 e. The predicted octanol–water partition coefficient (Wildman–Crippen LogP) is 3.09. The number of thioether (sulfide) groups is 1. The normalized spacial score (nSPS) is 22.9. The molecule has 1 atom stereocenters. The number of para-hydroxylation sites is 2. The molecule has 1 aromatic carbocycles. The molecule has 8 nitrogen and oxygen atoms in total. The lowest BCUT2D eigenvalue weighted by atomic mass is 9.84. The summed E-state index contributed by atoms with van der Waals surface area (Å²) in [4.78, 5) is 35.8. The predicted molar refractivity (Wildman–Crippen MR) is 124 cm³/mol. The van der Waals surface area contributed by atoms with Gasteiger partial charge in [0.2, 0.25) is 0 Å². The van der Waals surface area contributed by atoms with Crippen LogP contribution in [0.1, 0.15) is 12.8 Å². The molecular formula is C22H23N7OS. The Bertz CT molecular complexity index is 1310. The van der Waals surface area contributed by atoms with Crippen LogP contribution in [0.15, 0.2) is 40.4 Å². The third-order valence-corrected chi connectivity index (χ3v) is 7.10. The molecule has 3 aromatic heterocycles. The van der Waals surface area contributed by atoms with Crippen LogP contribution in [0.3, 0.4) is 0 Å². The van der Waals surface area contributed by atoms with Crippen LogP contribution in [-0.2, 0) is 0 Å². The highest BCUT2D eigenvalue weighted by molar-refractivity contribution is 7.98. The van der Waals surface area contributed by atoms with Gasteiger partial charge in [0.1, 0.15) is 17.0 Å². The molecule has 0 radical (unpaired) electrons. The molecular weight excluding hydrogens is 410 g/mol. The van der Waals surface area contributed by atoms with Crippen LogP contribution in [0.25, 0.3) is 33.5 Å². The molecule has 0 spiro atoms. The smallest absolute Gasteiger partial charge is 0.262 e. The van der Waals surface area contributed by atoms with Gasteiger partial charge in [0.15, 0.2) is 5.16 Å². The average molecular weight is 434 g/mol. The first-order chi connectivity index (χ1) is 15.2. The summed E-state index contributed by atoms with van der Waals surface area (Å²) < 4.78 is 0. The van der Waals surface area contributed by atoms with E-state index in [0.717, 1.165) is 41.7 Å². The number of hydrogen-bond acceptors (Lipinski definition) is 7. The lowest BCUT2D eigenvalue weighted by Gasteiger charge is -2.45. The van der Waals surface area contributed by atoms with Crippen molar-refractivity contribution in [3.05, 3.63) is 40.8 Å². The quantitative estimate of drug-likeness (QED) is 0.336. The van der Waals surface area contributed by atoms with Crippen LogP contribution in [0.4, 0.5) is 5.69 Å². The van der Waals surface area contributed by atoms with Crippen LogP contribution < -0.4 is 10.9 Å². The number of imidazole rings is 1. The molecule has 4 aromatic rings. The molecule has 1 unspecified atom stereocenters. The summed E-state index contributed by atoms with van der Waals surface area (Å²) in [5, 5.41) is 5.18. The Morgan fingerprint density at radius 2 is 2.00 bits per heavy atom. The first-order valence-corrected chi connectivity index (χ1v) is 11.8. The van der Waals surface area contributed by atoms with Crippen molar-refractivity contribution in [1.82, 2.24) is 29.8 Å². The summed E-state index contributed by atoms with van der Waals surface area (Å²) in [6, 6.07) is 8.10. The van der Waals surface area contributed by atoms with Gasteiger partial charge < -0.3 is 20.2 Å². The van der Waals surface area contributed by atoms with E-state index in [0.29, 0.717) is 28.1 Å². The fourth-order valence-corrected chi connectivity index (χ4v) is 5.26. The third-order valence-electron chi connectivity index (χ3n) is 6.54. The summed E-state index contributed by atoms with van der Waals surface area (Å²) >= 11 is 1.45. The maximum absolute atomic E-state index is 13.3. The van der Waals surface area contributed by atoms with Crippen molar-refractivity contribution in [2.45, 2.75) is 24.0 Å². The van der Waals surface area contributed by atoms with Gasteiger partial charge in [0.25, 0.3) is 5.56 Å². The van der Waals surface area contributed by atoms with Crippen molar-refractivity contribution in [3.63, 3.8) is 0 Å². The van der Waals surface area contributed by atoms with Crippen LogP contribution in [-0.4, -0.2) is 61.8 Å². The number of hydrogen-bond donors (Lipinski definition) is 3. The fraction of sp³-hybridized carbons (Fsp3) is 0.364. The number of aromatic nitrogens is 5. The van der Waals surface area contributed by atoms with E-state index >= 15 is 0 Å². The standard InChI is InChI=1S/C22H23N7OS/c1-31-22-23-10-13-18(24-16-11-29-8-6-12(16)7-9-29)17(21(30)27-19(13)28-22)20-25-14-4-2-3-5-15(14)26-20/h2-5,10,12,16H,6-9,11H2,1H3,(H,25,26)(H2,23,24,27,28,30). The van der Waals surface area contributed by atoms with E-state index in [2.05, 4.69) is 30.2 Å². The Morgan fingerprint density at radius 3 is 2.74 bits per heavy atom. The lowest BCUT2D eigenvalue weighted by molar-refractivity contribution is 0.0976. The van der Waals surface area contributed by atoms with Crippen molar-refractivity contribution in [2.24, 2.45) is 5.92 Å². The lowest BCUT2D eigenvalue weighted by Crippen LogP contribution is -2.53. The molecule has 0 amide bonds. The number of benzene rings is 1. The molecule has 3 aliphatic rings. The van der Waals surface area contributed by atoms with E-state index in [1.54, 1.807) is 6.20 Å². The Hall–Kier alpha value is -2.91. The fourth-order valence-electron chi connectivity index (χ4n) is 4.92. The second kappa shape index (κ2) is 7.35. The topological polar surface area (TPSA) is 103 Å². The summed E-state index contributed by atoms with van der Waals surface area (Å²) in [5.41, 5.74) is 3.36. The van der Waals surface area contributed by atoms with E-state index in [-0.39, 0.29) is 11.6 Å². The van der Waals surface area contributed by atoms with Gasteiger partial charge in [-0.25, -0.2) is 15.0 Å². The zero-order valence-corrected chi connectivity index (χ0v) is 18.0. The first kappa shape index (κ1) is 18.8. The molecule has 0 aliphatic carbocycles. The Labute approximate surface area is 182 Å². The Morgan fingerprint density at radius 1 is 1.16 bits per heavy atom. The van der Waals surface area contributed by atoms with Gasteiger partial charge in [-0.2, -0.15) is 0 Å². The summed E-state index contributed by atoms with van der Waals surface area (Å²) in [7, 11) is 0. The molecule has 0 saturated carbocycles. The summed E-state index contributed by atoms with van der Waals surface area (Å²) in [6.45, 7) is 3.31. The van der Waals surface area contributed by atoms with Crippen molar-refractivity contribution in [2.75, 3.05) is 31.2 Å². The van der Waals surface area contributed by atoms with Gasteiger partial charge in [-0.05, 0) is 50.2 Å². The number of pyridine rings is 1. The molecule has 6 heterocycles. The number of rotatable bonds is 4. The zero-order valence-electron chi connectivity index (χ0n) is 17.2. The van der Waals surface area contributed by atoms with E-state index in [1.807, 2.05) is 30.5 Å². The van der Waals surface area contributed by atoms with Crippen molar-refractivity contribution >= 4 is 39.5 Å². The summed E-state index contributed by atoms with van der Waals surface area (Å²) in [5.74, 6) is 1.16. The minimum absolute atomic E-state index is 0.207. The second-order valence-electron chi connectivity index (χ2n) is 8.31. The number of aromatic amines is 2. The number of H-pyrrole nitrogens is 2. The number of fused-ring (bicyclic) bond motifs is 5. The Kier molecular flexibility index (Phi) is 4.46. The van der Waals surface area contributed by atoms with Crippen LogP contribution in [0.2, 0.25) is 0 Å². The highest BCUT2D eigenvalue weighted by Crippen LogP contribution is 2.35.